The fraction of sp³-hybridized carbons (Fsp3) is 0.789. The largest absolute Gasteiger partial charge is 0.396 e. The number of piperidine rings is 1. The molecule has 4 nitrogen and oxygen atoms in total. The predicted octanol–water partition coefficient (Wildman–Crippen LogP) is 2.56. The molecule has 1 aromatic rings. The van der Waals surface area contributed by atoms with E-state index in [4.69, 9.17) is 4.74 Å². The van der Waals surface area contributed by atoms with Crippen LogP contribution < -0.4 is 0 Å². The number of likely N-dealkylation sites (tertiary alicyclic amines) is 2. The number of fused-ring (bicyclic) bond motifs is 1. The number of rotatable bonds is 5. The van der Waals surface area contributed by atoms with Crippen LogP contribution in [0.1, 0.15) is 35.4 Å². The molecule has 0 radical (unpaired) electrons. The Labute approximate surface area is 149 Å². The molecule has 3 aliphatic rings. The van der Waals surface area contributed by atoms with E-state index < -0.39 is 0 Å². The molecule has 0 bridgehead atoms. The van der Waals surface area contributed by atoms with Crippen molar-refractivity contribution in [1.82, 2.24) is 9.80 Å². The SMILES string of the molecule is OC[C@]12CCOC[C@H]1CN(Cc1ccc(CN3CCCCC3)s1)C2. The quantitative estimate of drug-likeness (QED) is 0.885. The number of nitrogens with zero attached hydrogens (tertiary/aromatic N) is 2. The van der Waals surface area contributed by atoms with Crippen molar-refractivity contribution in [2.45, 2.75) is 38.8 Å². The second kappa shape index (κ2) is 7.42. The monoisotopic (exact) mass is 350 g/mol. The van der Waals surface area contributed by atoms with Crippen molar-refractivity contribution in [1.29, 1.82) is 0 Å². The van der Waals surface area contributed by atoms with Gasteiger partial charge in [0.1, 0.15) is 0 Å². The van der Waals surface area contributed by atoms with Crippen LogP contribution in [0, 0.1) is 11.3 Å². The summed E-state index contributed by atoms with van der Waals surface area (Å²) in [6, 6.07) is 4.64. The molecule has 0 spiro atoms. The van der Waals surface area contributed by atoms with Crippen LogP contribution in [0.5, 0.6) is 0 Å². The number of hydrogen-bond acceptors (Lipinski definition) is 5. The molecule has 3 fully saturated rings. The normalized spacial score (nSPS) is 32.1. The lowest BCUT2D eigenvalue weighted by Gasteiger charge is -2.36. The van der Waals surface area contributed by atoms with Gasteiger partial charge < -0.3 is 9.84 Å². The Bertz CT molecular complexity index is 543. The third-order valence-electron chi connectivity index (χ3n) is 6.19. The third kappa shape index (κ3) is 3.56. The van der Waals surface area contributed by atoms with Gasteiger partial charge >= 0.3 is 0 Å². The summed E-state index contributed by atoms with van der Waals surface area (Å²) >= 11 is 1.98. The van der Waals surface area contributed by atoms with Gasteiger partial charge in [-0.15, -0.1) is 11.3 Å². The van der Waals surface area contributed by atoms with E-state index in [-0.39, 0.29) is 5.41 Å². The van der Waals surface area contributed by atoms with Crippen molar-refractivity contribution in [2.75, 3.05) is 46.0 Å². The van der Waals surface area contributed by atoms with Gasteiger partial charge in [-0.3, -0.25) is 9.80 Å². The van der Waals surface area contributed by atoms with Gasteiger partial charge in [0.15, 0.2) is 0 Å². The highest BCUT2D eigenvalue weighted by Gasteiger charge is 2.47. The molecule has 3 saturated heterocycles. The van der Waals surface area contributed by atoms with E-state index in [0.29, 0.717) is 12.5 Å². The smallest absolute Gasteiger partial charge is 0.0513 e. The van der Waals surface area contributed by atoms with Crippen molar-refractivity contribution in [3.05, 3.63) is 21.9 Å². The van der Waals surface area contributed by atoms with Crippen LogP contribution in [-0.2, 0) is 17.8 Å². The number of ether oxygens (including phenoxy) is 1. The Morgan fingerprint density at radius 3 is 2.58 bits per heavy atom. The third-order valence-corrected chi connectivity index (χ3v) is 7.24. The highest BCUT2D eigenvalue weighted by atomic mass is 32.1. The molecule has 4 rings (SSSR count). The average Bonchev–Trinajstić information content (AvgIpc) is 3.20. The summed E-state index contributed by atoms with van der Waals surface area (Å²) < 4.78 is 5.66. The second-order valence-electron chi connectivity index (χ2n) is 7.92. The van der Waals surface area contributed by atoms with E-state index in [1.165, 1.54) is 42.1 Å². The molecular formula is C19H30N2O2S. The van der Waals surface area contributed by atoms with Crippen molar-refractivity contribution in [3.8, 4) is 0 Å². The minimum atomic E-state index is 0.0894. The zero-order valence-corrected chi connectivity index (χ0v) is 15.4. The van der Waals surface area contributed by atoms with E-state index in [1.807, 2.05) is 11.3 Å². The van der Waals surface area contributed by atoms with Gasteiger partial charge in [0.25, 0.3) is 0 Å². The maximum atomic E-state index is 9.94. The summed E-state index contributed by atoms with van der Waals surface area (Å²) in [7, 11) is 0. The molecule has 1 N–H and O–H groups in total. The molecule has 3 aliphatic heterocycles. The highest BCUT2D eigenvalue weighted by molar-refractivity contribution is 7.11. The van der Waals surface area contributed by atoms with Crippen LogP contribution in [0.4, 0.5) is 0 Å². The first-order chi connectivity index (χ1) is 11.8. The molecule has 0 aromatic carbocycles. The molecule has 24 heavy (non-hydrogen) atoms. The van der Waals surface area contributed by atoms with E-state index in [9.17, 15) is 5.11 Å². The molecule has 0 amide bonds. The molecular weight excluding hydrogens is 320 g/mol. The Kier molecular flexibility index (Phi) is 5.25. The van der Waals surface area contributed by atoms with E-state index >= 15 is 0 Å². The van der Waals surface area contributed by atoms with Gasteiger partial charge in [0, 0.05) is 53.9 Å². The number of thiophene rings is 1. The van der Waals surface area contributed by atoms with Crippen molar-refractivity contribution in [3.63, 3.8) is 0 Å². The molecule has 134 valence electrons. The molecule has 0 aliphatic carbocycles. The molecule has 5 heteroatoms. The summed E-state index contributed by atoms with van der Waals surface area (Å²) in [6.45, 7) is 8.72. The van der Waals surface area contributed by atoms with E-state index in [1.54, 1.807) is 0 Å². The minimum absolute atomic E-state index is 0.0894. The number of aliphatic hydroxyl groups is 1. The Morgan fingerprint density at radius 2 is 1.88 bits per heavy atom. The Morgan fingerprint density at radius 1 is 1.12 bits per heavy atom. The standard InChI is InChI=1S/C19H30N2O2S/c22-15-19-6-9-23-13-16(19)10-21(14-19)12-18-5-4-17(24-18)11-20-7-2-1-3-8-20/h4-5,16,22H,1-3,6-15H2/t16-,19-/m1/s1. The van der Waals surface area contributed by atoms with Gasteiger partial charge in [-0.2, -0.15) is 0 Å². The highest BCUT2D eigenvalue weighted by Crippen LogP contribution is 2.42. The summed E-state index contributed by atoms with van der Waals surface area (Å²) in [6.07, 6.45) is 5.13. The van der Waals surface area contributed by atoms with Crippen LogP contribution >= 0.6 is 11.3 Å². The van der Waals surface area contributed by atoms with Crippen LogP contribution in [0.3, 0.4) is 0 Å². The molecule has 4 heterocycles. The first kappa shape index (κ1) is 17.0. The summed E-state index contributed by atoms with van der Waals surface area (Å²) in [5.41, 5.74) is 0.0894. The lowest BCUT2D eigenvalue weighted by atomic mass is 9.75. The van der Waals surface area contributed by atoms with Gasteiger partial charge in [0.2, 0.25) is 0 Å². The van der Waals surface area contributed by atoms with Crippen LogP contribution in [0.25, 0.3) is 0 Å². The van der Waals surface area contributed by atoms with Gasteiger partial charge in [-0.05, 0) is 44.5 Å². The van der Waals surface area contributed by atoms with Crippen LogP contribution in [0.2, 0.25) is 0 Å². The van der Waals surface area contributed by atoms with E-state index in [2.05, 4.69) is 21.9 Å². The van der Waals surface area contributed by atoms with Gasteiger partial charge in [-0.1, -0.05) is 6.42 Å². The zero-order chi connectivity index (χ0) is 16.4. The van der Waals surface area contributed by atoms with Crippen LogP contribution in [-0.4, -0.2) is 60.9 Å². The fourth-order valence-electron chi connectivity index (χ4n) is 4.69. The maximum Gasteiger partial charge on any atom is 0.0513 e. The van der Waals surface area contributed by atoms with Crippen molar-refractivity contribution >= 4 is 11.3 Å². The molecule has 0 saturated carbocycles. The minimum Gasteiger partial charge on any atom is -0.396 e. The Hall–Kier alpha value is -0.460. The number of hydrogen-bond donors (Lipinski definition) is 1. The maximum absolute atomic E-state index is 9.94. The number of aliphatic hydroxyl groups excluding tert-OH is 1. The van der Waals surface area contributed by atoms with E-state index in [0.717, 1.165) is 45.8 Å². The second-order valence-corrected chi connectivity index (χ2v) is 9.17. The summed E-state index contributed by atoms with van der Waals surface area (Å²) in [5.74, 6) is 0.504. The molecule has 2 atom stereocenters. The van der Waals surface area contributed by atoms with Crippen molar-refractivity contribution in [2.24, 2.45) is 11.3 Å². The van der Waals surface area contributed by atoms with Gasteiger partial charge in [0.05, 0.1) is 13.2 Å². The zero-order valence-electron chi connectivity index (χ0n) is 14.6. The Balaban J connectivity index is 1.34. The van der Waals surface area contributed by atoms with Crippen LogP contribution in [0.15, 0.2) is 12.1 Å². The summed E-state index contributed by atoms with van der Waals surface area (Å²) in [5, 5.41) is 9.94. The fourth-order valence-corrected chi connectivity index (χ4v) is 5.79. The summed E-state index contributed by atoms with van der Waals surface area (Å²) in [4.78, 5) is 8.10. The average molecular weight is 351 g/mol. The first-order valence-corrected chi connectivity index (χ1v) is 10.3. The molecule has 1 aromatic heterocycles. The lowest BCUT2D eigenvalue weighted by molar-refractivity contribution is -0.0417. The first-order valence-electron chi connectivity index (χ1n) is 9.48. The lowest BCUT2D eigenvalue weighted by Crippen LogP contribution is -2.41. The predicted molar refractivity (Wildman–Crippen MR) is 97.2 cm³/mol. The topological polar surface area (TPSA) is 35.9 Å². The molecule has 0 unspecified atom stereocenters. The van der Waals surface area contributed by atoms with Crippen molar-refractivity contribution < 1.29 is 9.84 Å². The van der Waals surface area contributed by atoms with Gasteiger partial charge in [-0.25, -0.2) is 0 Å².